The van der Waals surface area contributed by atoms with Gasteiger partial charge in [-0.2, -0.15) is 0 Å². The highest BCUT2D eigenvalue weighted by atomic mass is 35.5. The van der Waals surface area contributed by atoms with E-state index in [9.17, 15) is 29.1 Å². The van der Waals surface area contributed by atoms with Crippen molar-refractivity contribution in [3.05, 3.63) is 39.4 Å². The number of amides is 3. The number of hydrogen-bond donors (Lipinski definition) is 3. The third kappa shape index (κ3) is 15.6. The van der Waals surface area contributed by atoms with Crippen molar-refractivity contribution in [1.29, 1.82) is 0 Å². The average molecular weight is 776 g/mol. The molecule has 3 rings (SSSR count). The van der Waals surface area contributed by atoms with Crippen LogP contribution >= 0.6 is 11.6 Å². The Bertz CT molecular complexity index is 1720. The van der Waals surface area contributed by atoms with Crippen LogP contribution < -0.4 is 16.2 Å². The molecule has 1 aliphatic heterocycles. The first-order chi connectivity index (χ1) is 25.4. The molecule has 0 aliphatic carbocycles. The van der Waals surface area contributed by atoms with E-state index in [4.69, 9.17) is 30.5 Å². The standard InChI is InChI=1S/C38H54ClN5O10/c1-37(2,3)53-35(49)41-15-18-52-20-19-51-17-14-40-33(47)13-9-7-8-11-26-21-30-28(23-29(26)39)34(48)43(25-42-30)24-27(45)22-31-32(46)12-10-16-44(31)36(50)54-38(4,5)6/h21,23,25,31-32,46H,7,9-10,12-20,22,24H2,1-6H3,(H,40,47)(H,41,49). The van der Waals surface area contributed by atoms with Crippen molar-refractivity contribution in [1.82, 2.24) is 25.1 Å². The second-order valence-corrected chi connectivity index (χ2v) is 15.3. The summed E-state index contributed by atoms with van der Waals surface area (Å²) in [5.74, 6) is 5.51. The molecule has 2 heterocycles. The molecular weight excluding hydrogens is 722 g/mol. The minimum Gasteiger partial charge on any atom is -0.444 e. The molecular formula is C38H54ClN5O10. The molecule has 2 atom stereocenters. The van der Waals surface area contributed by atoms with Gasteiger partial charge >= 0.3 is 12.2 Å². The predicted octanol–water partition coefficient (Wildman–Crippen LogP) is 3.97. The van der Waals surface area contributed by atoms with Crippen LogP contribution in [0.2, 0.25) is 5.02 Å². The minimum atomic E-state index is -0.894. The number of benzene rings is 1. The molecule has 0 saturated carbocycles. The molecule has 2 unspecified atom stereocenters. The van der Waals surface area contributed by atoms with Crippen LogP contribution in [0.3, 0.4) is 0 Å². The average Bonchev–Trinajstić information content (AvgIpc) is 3.06. The quantitative estimate of drug-likeness (QED) is 0.166. The number of aromatic nitrogens is 2. The highest BCUT2D eigenvalue weighted by molar-refractivity contribution is 6.32. The van der Waals surface area contributed by atoms with Gasteiger partial charge in [-0.15, -0.1) is 0 Å². The number of alkyl carbamates (subject to hydrolysis) is 1. The Morgan fingerprint density at radius 2 is 1.65 bits per heavy atom. The third-order valence-corrected chi connectivity index (χ3v) is 8.16. The Kier molecular flexibility index (Phi) is 17.2. The van der Waals surface area contributed by atoms with E-state index in [-0.39, 0.29) is 41.5 Å². The Hall–Kier alpha value is -4.23. The molecule has 3 amide bonds. The lowest BCUT2D eigenvalue weighted by Crippen LogP contribution is -2.53. The lowest BCUT2D eigenvalue weighted by Gasteiger charge is -2.39. The number of halogens is 1. The maximum Gasteiger partial charge on any atom is 0.410 e. The fourth-order valence-corrected chi connectivity index (χ4v) is 5.62. The van der Waals surface area contributed by atoms with Gasteiger partial charge in [-0.05, 0) is 72.9 Å². The summed E-state index contributed by atoms with van der Waals surface area (Å²) in [6.07, 6.45) is 1.44. The van der Waals surface area contributed by atoms with Crippen molar-refractivity contribution in [2.75, 3.05) is 46.1 Å². The number of fused-ring (bicyclic) bond motifs is 1. The van der Waals surface area contributed by atoms with Crippen molar-refractivity contribution >= 4 is 46.4 Å². The Morgan fingerprint density at radius 3 is 2.31 bits per heavy atom. The number of carbonyl (C=O) groups is 4. The number of nitrogens with one attached hydrogen (secondary N) is 2. The molecule has 2 aromatic rings. The van der Waals surface area contributed by atoms with E-state index in [0.717, 1.165) is 0 Å². The molecule has 15 nitrogen and oxygen atoms in total. The number of ether oxygens (including phenoxy) is 4. The van der Waals surface area contributed by atoms with E-state index >= 15 is 0 Å². The zero-order chi connectivity index (χ0) is 39.9. The molecule has 3 N–H and O–H groups in total. The van der Waals surface area contributed by atoms with E-state index in [1.54, 1.807) is 47.6 Å². The van der Waals surface area contributed by atoms with Crippen molar-refractivity contribution in [2.24, 2.45) is 0 Å². The summed E-state index contributed by atoms with van der Waals surface area (Å²) >= 11 is 6.46. The smallest absolute Gasteiger partial charge is 0.410 e. The lowest BCUT2D eigenvalue weighted by atomic mass is 9.95. The topological polar surface area (TPSA) is 188 Å². The number of ketones is 1. The number of aliphatic hydroxyl groups is 1. The van der Waals surface area contributed by atoms with Crippen LogP contribution in [0.5, 0.6) is 0 Å². The van der Waals surface area contributed by atoms with E-state index in [1.807, 2.05) is 0 Å². The molecule has 54 heavy (non-hydrogen) atoms. The molecule has 1 fully saturated rings. The normalized spacial score (nSPS) is 16.0. The number of hydrogen-bond acceptors (Lipinski definition) is 11. The number of Topliss-reactive ketones (excluding diaryl/α,β-unsaturated/α-hetero) is 1. The molecule has 1 saturated heterocycles. The number of likely N-dealkylation sites (tertiary alicyclic amines) is 1. The molecule has 1 aromatic heterocycles. The van der Waals surface area contributed by atoms with Gasteiger partial charge < -0.3 is 39.6 Å². The number of aliphatic hydroxyl groups excluding tert-OH is 1. The molecule has 298 valence electrons. The zero-order valence-corrected chi connectivity index (χ0v) is 32.9. The van der Waals surface area contributed by atoms with Crippen molar-refractivity contribution in [2.45, 2.75) is 110 Å². The molecule has 0 radical (unpaired) electrons. The number of carbonyl (C=O) groups excluding carboxylic acids is 4. The number of piperidine rings is 1. The Labute approximate surface area is 321 Å². The molecule has 16 heteroatoms. The van der Waals surface area contributed by atoms with Gasteiger partial charge in [-0.25, -0.2) is 14.6 Å². The van der Waals surface area contributed by atoms with Crippen LogP contribution in [0.1, 0.15) is 85.6 Å². The molecule has 0 bridgehead atoms. The van der Waals surface area contributed by atoms with Gasteiger partial charge in [-0.1, -0.05) is 23.4 Å². The fraction of sp³-hybridized carbons (Fsp3) is 0.632. The molecule has 1 aromatic carbocycles. The maximum atomic E-state index is 13.3. The van der Waals surface area contributed by atoms with Gasteiger partial charge in [0, 0.05) is 44.5 Å². The second-order valence-electron chi connectivity index (χ2n) is 14.9. The fourth-order valence-electron chi connectivity index (χ4n) is 5.41. The number of unbranched alkanes of at least 4 members (excludes halogenated alkanes) is 1. The predicted molar refractivity (Wildman–Crippen MR) is 202 cm³/mol. The van der Waals surface area contributed by atoms with Gasteiger partial charge in [0.15, 0.2) is 5.78 Å². The highest BCUT2D eigenvalue weighted by Gasteiger charge is 2.37. The van der Waals surface area contributed by atoms with E-state index in [1.165, 1.54) is 21.9 Å². The SMILES string of the molecule is CC(C)(C)OC(=O)NCCOCCOCCNC(=O)CCCC#Cc1cc2ncn(CC(=O)CC3C(O)CCCN3C(=O)OC(C)(C)C)c(=O)c2cc1Cl. The summed E-state index contributed by atoms with van der Waals surface area (Å²) < 4.78 is 22.6. The zero-order valence-electron chi connectivity index (χ0n) is 32.1. The van der Waals surface area contributed by atoms with Crippen molar-refractivity contribution in [3.8, 4) is 11.8 Å². The van der Waals surface area contributed by atoms with Crippen LogP contribution in [0.4, 0.5) is 9.59 Å². The van der Waals surface area contributed by atoms with E-state index in [2.05, 4.69) is 27.5 Å². The first-order valence-corrected chi connectivity index (χ1v) is 18.6. The van der Waals surface area contributed by atoms with E-state index in [0.29, 0.717) is 82.8 Å². The number of nitrogens with zero attached hydrogens (tertiary/aromatic N) is 3. The van der Waals surface area contributed by atoms with Gasteiger partial charge in [0.2, 0.25) is 5.91 Å². The van der Waals surface area contributed by atoms with Gasteiger partial charge in [0.1, 0.15) is 11.2 Å². The first kappa shape index (κ1) is 44.2. The van der Waals surface area contributed by atoms with Crippen LogP contribution in [0.25, 0.3) is 10.9 Å². The summed E-state index contributed by atoms with van der Waals surface area (Å²) in [6.45, 7) is 12.7. The molecule has 0 spiro atoms. The maximum absolute atomic E-state index is 13.3. The largest absolute Gasteiger partial charge is 0.444 e. The Morgan fingerprint density at radius 1 is 0.981 bits per heavy atom. The first-order valence-electron chi connectivity index (χ1n) is 18.2. The van der Waals surface area contributed by atoms with E-state index < -0.39 is 41.1 Å². The third-order valence-electron chi connectivity index (χ3n) is 7.85. The van der Waals surface area contributed by atoms with Crippen LogP contribution in [0.15, 0.2) is 23.3 Å². The summed E-state index contributed by atoms with van der Waals surface area (Å²) in [4.78, 5) is 68.6. The van der Waals surface area contributed by atoms with Crippen molar-refractivity contribution < 1.29 is 43.2 Å². The van der Waals surface area contributed by atoms with Gasteiger partial charge in [-0.3, -0.25) is 19.0 Å². The minimum absolute atomic E-state index is 0.122. The summed E-state index contributed by atoms with van der Waals surface area (Å²) in [7, 11) is 0. The van der Waals surface area contributed by atoms with Gasteiger partial charge in [0.05, 0.1) is 67.4 Å². The van der Waals surface area contributed by atoms with Crippen LogP contribution in [0, 0.1) is 11.8 Å². The monoisotopic (exact) mass is 775 g/mol. The van der Waals surface area contributed by atoms with Crippen molar-refractivity contribution in [3.63, 3.8) is 0 Å². The second kappa shape index (κ2) is 21.0. The summed E-state index contributed by atoms with van der Waals surface area (Å²) in [6, 6.07) is 2.31. The Balaban J connectivity index is 1.39. The summed E-state index contributed by atoms with van der Waals surface area (Å²) in [5, 5.41) is 16.5. The number of rotatable bonds is 16. The van der Waals surface area contributed by atoms with Gasteiger partial charge in [0.25, 0.3) is 5.56 Å². The van der Waals surface area contributed by atoms with Crippen LogP contribution in [-0.4, -0.2) is 113 Å². The highest BCUT2D eigenvalue weighted by Crippen LogP contribution is 2.24. The molecule has 1 aliphatic rings. The van der Waals surface area contributed by atoms with Crippen LogP contribution in [-0.2, 0) is 35.1 Å². The lowest BCUT2D eigenvalue weighted by molar-refractivity contribution is -0.123. The summed E-state index contributed by atoms with van der Waals surface area (Å²) in [5.41, 5.74) is -0.909.